The number of aliphatic hydroxyl groups excluding tert-OH is 1. The molecule has 0 rings (SSSR count). The second-order valence-corrected chi connectivity index (χ2v) is 18.2. The Hall–Kier alpha value is -5.26. The molecule has 410 valence electrons. The van der Waals surface area contributed by atoms with E-state index < -0.39 is 6.10 Å². The molecule has 0 aromatic rings. The number of rotatable bonds is 50. The molecule has 0 bridgehead atoms. The maximum Gasteiger partial charge on any atom is 0.306 e. The number of allylic oxidation sites excluding steroid dienone is 32. The van der Waals surface area contributed by atoms with Gasteiger partial charge in [-0.15, -0.1) is 0 Å². The van der Waals surface area contributed by atoms with Crippen LogP contribution in [-0.4, -0.2) is 36.4 Å². The number of esters is 2. The van der Waals surface area contributed by atoms with E-state index in [0.29, 0.717) is 12.8 Å². The van der Waals surface area contributed by atoms with Crippen LogP contribution >= 0.6 is 0 Å². The topological polar surface area (TPSA) is 72.8 Å². The van der Waals surface area contributed by atoms with Gasteiger partial charge in [0, 0.05) is 12.8 Å². The van der Waals surface area contributed by atoms with Gasteiger partial charge in [0.2, 0.25) is 0 Å². The van der Waals surface area contributed by atoms with Crippen molar-refractivity contribution in [3.8, 4) is 0 Å². The van der Waals surface area contributed by atoms with E-state index in [9.17, 15) is 14.7 Å². The van der Waals surface area contributed by atoms with Gasteiger partial charge in [-0.3, -0.25) is 9.59 Å². The first-order valence-corrected chi connectivity index (χ1v) is 29.0. The van der Waals surface area contributed by atoms with Crippen molar-refractivity contribution in [3.05, 3.63) is 194 Å². The number of ether oxygens (including phenoxy) is 2. The van der Waals surface area contributed by atoms with Gasteiger partial charge in [-0.25, -0.2) is 0 Å². The summed E-state index contributed by atoms with van der Waals surface area (Å²) in [6.45, 7) is 3.85. The van der Waals surface area contributed by atoms with Crippen LogP contribution in [0.4, 0.5) is 0 Å². The summed E-state index contributed by atoms with van der Waals surface area (Å²) >= 11 is 0. The van der Waals surface area contributed by atoms with Crippen molar-refractivity contribution < 1.29 is 24.2 Å². The second-order valence-electron chi connectivity index (χ2n) is 18.2. The zero-order chi connectivity index (χ0) is 53.4. The van der Waals surface area contributed by atoms with E-state index in [4.69, 9.17) is 9.47 Å². The average Bonchev–Trinajstić information content (AvgIpc) is 3.40. The molecule has 0 aromatic heterocycles. The molecule has 5 nitrogen and oxygen atoms in total. The van der Waals surface area contributed by atoms with E-state index in [1.165, 1.54) is 32.1 Å². The van der Waals surface area contributed by atoms with Gasteiger partial charge in [-0.1, -0.05) is 247 Å². The highest BCUT2D eigenvalue weighted by molar-refractivity contribution is 5.70. The molecule has 1 unspecified atom stereocenters. The summed E-state index contributed by atoms with van der Waals surface area (Å²) in [6, 6.07) is 0. The molecule has 1 N–H and O–H groups in total. The Bertz CT molecular complexity index is 1760. The van der Waals surface area contributed by atoms with Crippen LogP contribution in [0.15, 0.2) is 194 Å². The molecule has 0 aromatic carbocycles. The lowest BCUT2D eigenvalue weighted by Gasteiger charge is -2.15. The summed E-state index contributed by atoms with van der Waals surface area (Å²) in [7, 11) is 0. The van der Waals surface area contributed by atoms with Crippen molar-refractivity contribution in [2.45, 2.75) is 213 Å². The lowest BCUT2D eigenvalue weighted by Crippen LogP contribution is -2.28. The van der Waals surface area contributed by atoms with Crippen molar-refractivity contribution in [1.29, 1.82) is 0 Å². The van der Waals surface area contributed by atoms with Gasteiger partial charge in [-0.2, -0.15) is 0 Å². The van der Waals surface area contributed by atoms with E-state index in [1.54, 1.807) is 0 Å². The molecule has 0 heterocycles. The molecule has 0 saturated carbocycles. The predicted molar refractivity (Wildman–Crippen MR) is 324 cm³/mol. The van der Waals surface area contributed by atoms with Crippen LogP contribution in [0, 0.1) is 0 Å². The lowest BCUT2D eigenvalue weighted by atomic mass is 10.1. The van der Waals surface area contributed by atoms with Gasteiger partial charge >= 0.3 is 11.9 Å². The Balaban J connectivity index is 3.69. The van der Waals surface area contributed by atoms with Gasteiger partial charge in [-0.05, 0) is 141 Å². The number of hydrogen-bond acceptors (Lipinski definition) is 5. The van der Waals surface area contributed by atoms with Crippen LogP contribution in [0.25, 0.3) is 0 Å². The number of carbonyl (C=O) groups is 2. The molecule has 5 heteroatoms. The Kier molecular flexibility index (Phi) is 57.6. The third kappa shape index (κ3) is 59.3. The SMILES string of the molecule is CC/C=C\C/C=C\C/C=C\C/C=C\C/C=C\C/C=C\C/C=C\C/C=C\CCCCCCCCCCC(=O)OC(CO)COC(=O)CCCC/C=C\C/C=C\C/C=C\C/C=C\C/C=C\C/C=C\C/C=C\C/C=C\CC. The summed E-state index contributed by atoms with van der Waals surface area (Å²) in [5.74, 6) is -0.669. The fraction of sp³-hybridized carbons (Fsp3) is 0.507. The molecule has 0 fully saturated rings. The predicted octanol–water partition coefficient (Wildman–Crippen LogP) is 20.1. The fourth-order valence-electron chi connectivity index (χ4n) is 7.11. The largest absolute Gasteiger partial charge is 0.462 e. The van der Waals surface area contributed by atoms with Crippen LogP contribution in [0.2, 0.25) is 0 Å². The van der Waals surface area contributed by atoms with E-state index >= 15 is 0 Å². The van der Waals surface area contributed by atoms with Crippen LogP contribution in [0.3, 0.4) is 0 Å². The van der Waals surface area contributed by atoms with E-state index in [1.807, 2.05) is 0 Å². The minimum atomic E-state index is -0.813. The quantitative estimate of drug-likeness (QED) is 0.0373. The minimum absolute atomic E-state index is 0.107. The highest BCUT2D eigenvalue weighted by Crippen LogP contribution is 2.12. The van der Waals surface area contributed by atoms with Gasteiger partial charge in [0.05, 0.1) is 6.61 Å². The van der Waals surface area contributed by atoms with Crippen LogP contribution < -0.4 is 0 Å². The van der Waals surface area contributed by atoms with Gasteiger partial charge in [0.1, 0.15) is 6.61 Å². The zero-order valence-electron chi connectivity index (χ0n) is 46.8. The number of hydrogen-bond donors (Lipinski definition) is 1. The standard InChI is InChI=1S/C69H104O5/c1-3-5-7-9-11-13-15-17-19-21-23-25-27-29-31-32-33-34-35-36-38-40-42-44-46-48-50-52-54-56-58-60-62-64-69(72)74-67(65-70)66-73-68(71)63-61-59-57-55-53-51-49-47-45-43-41-39-37-30-28-26-24-22-20-18-16-14-12-10-8-6-4-2/h5-8,11-14,17-20,23-26,29-31,33-34,36-38,41-44,47,49,53,55,67,70H,3-4,9-10,15-16,21-22,27-28,32,35,39-40,45-46,48,50-52,54,56-66H2,1-2H3/b7-5-,8-6-,13-11-,14-12-,19-17-,20-18-,25-23-,26-24-,31-29-,34-33-,37-30-,38-36-,43-41-,44-42-,49-47-,55-53-. The molecular formula is C69H104O5. The monoisotopic (exact) mass is 1010 g/mol. The summed E-state index contributed by atoms with van der Waals surface area (Å²) in [5, 5.41) is 9.66. The smallest absolute Gasteiger partial charge is 0.306 e. The summed E-state index contributed by atoms with van der Waals surface area (Å²) in [4.78, 5) is 24.5. The van der Waals surface area contributed by atoms with Crippen LogP contribution in [-0.2, 0) is 19.1 Å². The summed E-state index contributed by atoms with van der Waals surface area (Å²) < 4.78 is 10.7. The van der Waals surface area contributed by atoms with Gasteiger partial charge in [0.25, 0.3) is 0 Å². The highest BCUT2D eigenvalue weighted by atomic mass is 16.6. The Morgan fingerprint density at radius 3 is 0.838 bits per heavy atom. The van der Waals surface area contributed by atoms with Gasteiger partial charge in [0.15, 0.2) is 6.10 Å². The molecule has 0 radical (unpaired) electrons. The van der Waals surface area contributed by atoms with E-state index in [2.05, 4.69) is 208 Å². The zero-order valence-corrected chi connectivity index (χ0v) is 46.8. The average molecular weight is 1010 g/mol. The first kappa shape index (κ1) is 68.7. The first-order chi connectivity index (χ1) is 36.6. The minimum Gasteiger partial charge on any atom is -0.462 e. The van der Waals surface area contributed by atoms with Crippen molar-refractivity contribution >= 4 is 11.9 Å². The molecule has 0 aliphatic carbocycles. The molecule has 0 amide bonds. The third-order valence-corrected chi connectivity index (χ3v) is 11.4. The first-order valence-electron chi connectivity index (χ1n) is 29.0. The molecular weight excluding hydrogens is 909 g/mol. The number of aliphatic hydroxyl groups is 1. The normalized spacial score (nSPS) is 13.7. The molecule has 0 aliphatic rings. The van der Waals surface area contributed by atoms with Crippen LogP contribution in [0.1, 0.15) is 206 Å². The van der Waals surface area contributed by atoms with E-state index in [-0.39, 0.29) is 25.2 Å². The number of unbranched alkanes of at least 4 members (excludes halogenated alkanes) is 10. The molecule has 0 spiro atoms. The number of carbonyl (C=O) groups excluding carboxylic acids is 2. The lowest BCUT2D eigenvalue weighted by molar-refractivity contribution is -0.161. The molecule has 74 heavy (non-hydrogen) atoms. The Labute approximate surface area is 454 Å². The third-order valence-electron chi connectivity index (χ3n) is 11.4. The van der Waals surface area contributed by atoms with Gasteiger partial charge < -0.3 is 14.6 Å². The fourth-order valence-corrected chi connectivity index (χ4v) is 7.11. The van der Waals surface area contributed by atoms with Crippen molar-refractivity contribution in [2.24, 2.45) is 0 Å². The van der Waals surface area contributed by atoms with E-state index in [0.717, 1.165) is 148 Å². The maximum absolute atomic E-state index is 12.3. The molecule has 0 saturated heterocycles. The maximum atomic E-state index is 12.3. The second kappa shape index (κ2) is 62.0. The van der Waals surface area contributed by atoms with Crippen LogP contribution in [0.5, 0.6) is 0 Å². The molecule has 0 aliphatic heterocycles. The van der Waals surface area contributed by atoms with Crippen molar-refractivity contribution in [1.82, 2.24) is 0 Å². The summed E-state index contributed by atoms with van der Waals surface area (Å²) in [6.07, 6.45) is 99.6. The highest BCUT2D eigenvalue weighted by Gasteiger charge is 2.16. The Morgan fingerprint density at radius 1 is 0.311 bits per heavy atom. The van der Waals surface area contributed by atoms with Crippen molar-refractivity contribution in [3.63, 3.8) is 0 Å². The Morgan fingerprint density at radius 2 is 0.541 bits per heavy atom. The van der Waals surface area contributed by atoms with Crippen molar-refractivity contribution in [2.75, 3.05) is 13.2 Å². The molecule has 1 atom stereocenters. The summed E-state index contributed by atoms with van der Waals surface area (Å²) in [5.41, 5.74) is 0.